The van der Waals surface area contributed by atoms with Crippen LogP contribution >= 0.6 is 0 Å². The van der Waals surface area contributed by atoms with Crippen molar-refractivity contribution in [2.75, 3.05) is 7.05 Å². The molecule has 3 aromatic carbocycles. The number of hydrogen-bond donors (Lipinski definition) is 2. The first-order valence-electron chi connectivity index (χ1n) is 11.0. The van der Waals surface area contributed by atoms with E-state index in [-0.39, 0.29) is 0 Å². The molecular formula is C27H27N3O4. The van der Waals surface area contributed by atoms with Gasteiger partial charge in [-0.15, -0.1) is 10.2 Å². The van der Waals surface area contributed by atoms with E-state index in [0.29, 0.717) is 18.3 Å². The smallest absolute Gasteiger partial charge is 0.323 e. The van der Waals surface area contributed by atoms with E-state index in [2.05, 4.69) is 28.4 Å². The second-order valence-corrected chi connectivity index (χ2v) is 8.40. The standard InChI is InChI=1S/C27H27N3O4/c1-17-22(20-10-5-4-6-11-20)13-8-14-23(17)26-29-28-25(34-26)21-12-7-9-19(15-21)16-30(3)24(18(2)31)27(32)33/h4-15,18,24,31H,16H2,1-3H3,(H,32,33)/t18-,24+/m1/s1. The van der Waals surface area contributed by atoms with E-state index in [9.17, 15) is 15.0 Å². The van der Waals surface area contributed by atoms with E-state index in [0.717, 1.165) is 33.4 Å². The van der Waals surface area contributed by atoms with Gasteiger partial charge < -0.3 is 14.6 Å². The van der Waals surface area contributed by atoms with Crippen molar-refractivity contribution in [1.82, 2.24) is 15.1 Å². The molecule has 2 atom stereocenters. The SMILES string of the molecule is Cc1c(-c2ccccc2)cccc1-c1nnc(-c2cccc(CN(C)[C@H](C(=O)O)[C@@H](C)O)c2)o1. The van der Waals surface area contributed by atoms with Crippen molar-refractivity contribution >= 4 is 5.97 Å². The third-order valence-corrected chi connectivity index (χ3v) is 5.86. The van der Waals surface area contributed by atoms with Crippen LogP contribution in [0.5, 0.6) is 0 Å². The zero-order valence-electron chi connectivity index (χ0n) is 19.3. The van der Waals surface area contributed by atoms with E-state index in [4.69, 9.17) is 4.42 Å². The highest BCUT2D eigenvalue weighted by Gasteiger charge is 2.27. The maximum absolute atomic E-state index is 11.5. The minimum atomic E-state index is -1.07. The number of aliphatic carboxylic acids is 1. The van der Waals surface area contributed by atoms with Crippen LogP contribution in [-0.4, -0.2) is 50.5 Å². The predicted molar refractivity (Wildman–Crippen MR) is 130 cm³/mol. The predicted octanol–water partition coefficient (Wildman–Crippen LogP) is 4.64. The number of benzene rings is 3. The number of rotatable bonds is 8. The number of aliphatic hydroxyl groups is 1. The van der Waals surface area contributed by atoms with Crippen molar-refractivity contribution in [3.8, 4) is 34.0 Å². The Hall–Kier alpha value is -3.81. The van der Waals surface area contributed by atoms with Crippen molar-refractivity contribution < 1.29 is 19.4 Å². The first-order chi connectivity index (χ1) is 16.3. The molecule has 0 saturated carbocycles. The topological polar surface area (TPSA) is 99.7 Å². The molecule has 4 aromatic rings. The molecule has 7 heteroatoms. The van der Waals surface area contributed by atoms with Gasteiger partial charge in [0.1, 0.15) is 6.04 Å². The third kappa shape index (κ3) is 4.90. The van der Waals surface area contributed by atoms with E-state index < -0.39 is 18.1 Å². The molecule has 4 rings (SSSR count). The van der Waals surface area contributed by atoms with Crippen LogP contribution < -0.4 is 0 Å². The normalized spacial score (nSPS) is 13.1. The van der Waals surface area contributed by atoms with Crippen molar-refractivity contribution in [1.29, 1.82) is 0 Å². The molecule has 0 fully saturated rings. The lowest BCUT2D eigenvalue weighted by Crippen LogP contribution is -2.45. The Morgan fingerprint density at radius 1 is 0.941 bits per heavy atom. The summed E-state index contributed by atoms with van der Waals surface area (Å²) in [6.45, 7) is 3.86. The van der Waals surface area contributed by atoms with Gasteiger partial charge in [-0.25, -0.2) is 0 Å². The highest BCUT2D eigenvalue weighted by molar-refractivity contribution is 5.75. The third-order valence-electron chi connectivity index (χ3n) is 5.86. The number of hydrogen-bond acceptors (Lipinski definition) is 6. The van der Waals surface area contributed by atoms with E-state index in [1.165, 1.54) is 6.92 Å². The van der Waals surface area contributed by atoms with Gasteiger partial charge in [0.2, 0.25) is 11.8 Å². The first kappa shape index (κ1) is 23.4. The fraction of sp³-hybridized carbons (Fsp3) is 0.222. The van der Waals surface area contributed by atoms with E-state index >= 15 is 0 Å². The quantitative estimate of drug-likeness (QED) is 0.397. The number of aliphatic hydroxyl groups excluding tert-OH is 1. The van der Waals surface area contributed by atoms with Gasteiger partial charge in [0.15, 0.2) is 0 Å². The Morgan fingerprint density at radius 3 is 2.29 bits per heavy atom. The number of carboxylic acid groups (broad SMARTS) is 1. The summed E-state index contributed by atoms with van der Waals surface area (Å²) in [7, 11) is 1.67. The number of nitrogens with zero attached hydrogens (tertiary/aromatic N) is 3. The summed E-state index contributed by atoms with van der Waals surface area (Å²) < 4.78 is 6.04. The molecule has 0 amide bonds. The molecule has 1 heterocycles. The van der Waals surface area contributed by atoms with Crippen molar-refractivity contribution in [3.05, 3.63) is 83.9 Å². The molecule has 0 spiro atoms. The van der Waals surface area contributed by atoms with Crippen LogP contribution in [0.2, 0.25) is 0 Å². The molecule has 2 N–H and O–H groups in total. The lowest BCUT2D eigenvalue weighted by Gasteiger charge is -2.26. The fourth-order valence-corrected chi connectivity index (χ4v) is 4.20. The Kier molecular flexibility index (Phi) is 6.86. The minimum Gasteiger partial charge on any atom is -0.480 e. The van der Waals surface area contributed by atoms with Crippen LogP contribution in [0.15, 0.2) is 77.2 Å². The Labute approximate surface area is 198 Å². The Morgan fingerprint density at radius 2 is 1.59 bits per heavy atom. The van der Waals surface area contributed by atoms with Crippen LogP contribution in [0.25, 0.3) is 34.0 Å². The number of carbonyl (C=O) groups is 1. The lowest BCUT2D eigenvalue weighted by molar-refractivity contribution is -0.146. The van der Waals surface area contributed by atoms with E-state index in [1.54, 1.807) is 11.9 Å². The lowest BCUT2D eigenvalue weighted by atomic mass is 9.96. The van der Waals surface area contributed by atoms with Gasteiger partial charge >= 0.3 is 5.97 Å². The molecule has 174 valence electrons. The molecule has 34 heavy (non-hydrogen) atoms. The average Bonchev–Trinajstić information content (AvgIpc) is 3.29. The molecule has 0 radical (unpaired) electrons. The van der Waals surface area contributed by atoms with Gasteiger partial charge in [0, 0.05) is 17.7 Å². The minimum absolute atomic E-state index is 0.342. The fourth-order valence-electron chi connectivity index (χ4n) is 4.20. The highest BCUT2D eigenvalue weighted by atomic mass is 16.4. The maximum Gasteiger partial charge on any atom is 0.323 e. The largest absolute Gasteiger partial charge is 0.480 e. The van der Waals surface area contributed by atoms with Gasteiger partial charge in [0.05, 0.1) is 6.10 Å². The average molecular weight is 458 g/mol. The molecule has 1 aromatic heterocycles. The number of likely N-dealkylation sites (N-methyl/N-ethyl adjacent to an activating group) is 1. The summed E-state index contributed by atoms with van der Waals surface area (Å²) in [5.41, 5.74) is 5.76. The summed E-state index contributed by atoms with van der Waals surface area (Å²) in [5.74, 6) is -0.245. The first-order valence-corrected chi connectivity index (χ1v) is 11.0. The molecule has 0 aliphatic heterocycles. The maximum atomic E-state index is 11.5. The number of carboxylic acids is 1. The monoisotopic (exact) mass is 457 g/mol. The molecular weight excluding hydrogens is 430 g/mol. The zero-order chi connectivity index (χ0) is 24.2. The van der Waals surface area contributed by atoms with Gasteiger partial charge in [-0.2, -0.15) is 0 Å². The molecule has 7 nitrogen and oxygen atoms in total. The molecule has 0 bridgehead atoms. The summed E-state index contributed by atoms with van der Waals surface area (Å²) in [4.78, 5) is 13.1. The molecule has 0 saturated heterocycles. The van der Waals surface area contributed by atoms with Crippen LogP contribution in [0, 0.1) is 6.92 Å². The zero-order valence-corrected chi connectivity index (χ0v) is 19.3. The van der Waals surface area contributed by atoms with Gasteiger partial charge in [0.25, 0.3) is 0 Å². The van der Waals surface area contributed by atoms with Crippen molar-refractivity contribution in [2.45, 2.75) is 32.5 Å². The summed E-state index contributed by atoms with van der Waals surface area (Å²) in [5, 5.41) is 27.8. The van der Waals surface area contributed by atoms with E-state index in [1.807, 2.05) is 61.5 Å². The van der Waals surface area contributed by atoms with Gasteiger partial charge in [-0.1, -0.05) is 54.6 Å². The second kappa shape index (κ2) is 9.99. The van der Waals surface area contributed by atoms with Crippen LogP contribution in [-0.2, 0) is 11.3 Å². The Balaban J connectivity index is 1.60. The number of aromatic nitrogens is 2. The molecule has 0 aliphatic rings. The van der Waals surface area contributed by atoms with Crippen molar-refractivity contribution in [3.63, 3.8) is 0 Å². The second-order valence-electron chi connectivity index (χ2n) is 8.40. The van der Waals surface area contributed by atoms with Gasteiger partial charge in [-0.3, -0.25) is 9.69 Å². The van der Waals surface area contributed by atoms with Gasteiger partial charge in [-0.05, 0) is 61.3 Å². The van der Waals surface area contributed by atoms with Crippen LogP contribution in [0.3, 0.4) is 0 Å². The Bertz CT molecular complexity index is 1280. The summed E-state index contributed by atoms with van der Waals surface area (Å²) >= 11 is 0. The molecule has 0 unspecified atom stereocenters. The summed E-state index contributed by atoms with van der Waals surface area (Å²) in [6, 6.07) is 22.7. The van der Waals surface area contributed by atoms with Crippen LogP contribution in [0.4, 0.5) is 0 Å². The van der Waals surface area contributed by atoms with Crippen LogP contribution in [0.1, 0.15) is 18.1 Å². The highest BCUT2D eigenvalue weighted by Crippen LogP contribution is 2.32. The molecule has 0 aliphatic carbocycles. The van der Waals surface area contributed by atoms with Crippen molar-refractivity contribution in [2.24, 2.45) is 0 Å². The summed E-state index contributed by atoms with van der Waals surface area (Å²) in [6.07, 6.45) is -1.00.